The second-order valence-electron chi connectivity index (χ2n) is 6.25. The van der Waals surface area contributed by atoms with Crippen LogP contribution in [0, 0.1) is 6.92 Å². The van der Waals surface area contributed by atoms with Gasteiger partial charge >= 0.3 is 0 Å². The molecule has 26 heavy (non-hydrogen) atoms. The van der Waals surface area contributed by atoms with Gasteiger partial charge in [-0.15, -0.1) is 0 Å². The largest absolute Gasteiger partial charge is 0.352 e. The average Bonchev–Trinajstić information content (AvgIpc) is 2.65. The number of benzene rings is 2. The molecule has 0 fully saturated rings. The van der Waals surface area contributed by atoms with Crippen LogP contribution in [0.5, 0.6) is 0 Å². The second kappa shape index (κ2) is 8.85. The van der Waals surface area contributed by atoms with Crippen molar-refractivity contribution in [1.29, 1.82) is 0 Å². The molecule has 0 spiro atoms. The fraction of sp³-hybridized carbons (Fsp3) is 0.350. The Bertz CT molecular complexity index is 849. The molecule has 1 N–H and O–H groups in total. The Kier molecular flexibility index (Phi) is 6.80. The molecule has 0 aliphatic carbocycles. The number of sulfonamides is 1. The quantitative estimate of drug-likeness (QED) is 0.716. The maximum atomic E-state index is 12.8. The predicted molar refractivity (Wildman–Crippen MR) is 105 cm³/mol. The third-order valence-electron chi connectivity index (χ3n) is 4.28. The van der Waals surface area contributed by atoms with Crippen molar-refractivity contribution in [3.63, 3.8) is 0 Å². The van der Waals surface area contributed by atoms with Crippen molar-refractivity contribution in [3.05, 3.63) is 59.7 Å². The molecule has 0 aliphatic heterocycles. The average molecular weight is 375 g/mol. The molecule has 6 heteroatoms. The minimum absolute atomic E-state index is 0.187. The van der Waals surface area contributed by atoms with E-state index in [1.165, 1.54) is 11.4 Å². The molecular weight excluding hydrogens is 348 g/mol. The van der Waals surface area contributed by atoms with Crippen molar-refractivity contribution in [2.45, 2.75) is 38.0 Å². The number of nitrogens with one attached hydrogen (secondary N) is 1. The highest BCUT2D eigenvalue weighted by Crippen LogP contribution is 2.26. The van der Waals surface area contributed by atoms with E-state index in [4.69, 9.17) is 0 Å². The monoisotopic (exact) mass is 374 g/mol. The third-order valence-corrected chi connectivity index (χ3v) is 6.06. The van der Waals surface area contributed by atoms with E-state index in [2.05, 4.69) is 12.2 Å². The van der Waals surface area contributed by atoms with Crippen LogP contribution in [0.15, 0.2) is 53.4 Å². The number of carbonyl (C=O) groups excluding carboxylic acids is 1. The first-order valence-corrected chi connectivity index (χ1v) is 10.2. The summed E-state index contributed by atoms with van der Waals surface area (Å²) in [5.74, 6) is -0.187. The number of carbonyl (C=O) groups is 1. The summed E-state index contributed by atoms with van der Waals surface area (Å²) in [6, 6.07) is 13.4. The molecule has 5 nitrogen and oxygen atoms in total. The van der Waals surface area contributed by atoms with Crippen molar-refractivity contribution in [2.75, 3.05) is 17.9 Å². The zero-order valence-corrected chi connectivity index (χ0v) is 16.3. The summed E-state index contributed by atoms with van der Waals surface area (Å²) >= 11 is 0. The fourth-order valence-electron chi connectivity index (χ4n) is 2.65. The second-order valence-corrected chi connectivity index (χ2v) is 8.22. The molecule has 0 bridgehead atoms. The Morgan fingerprint density at radius 1 is 1.08 bits per heavy atom. The van der Waals surface area contributed by atoms with Crippen LogP contribution >= 0.6 is 0 Å². The summed E-state index contributed by atoms with van der Waals surface area (Å²) in [6.07, 6.45) is 3.09. The summed E-state index contributed by atoms with van der Waals surface area (Å²) in [7, 11) is -2.17. The normalized spacial score (nSPS) is 11.2. The van der Waals surface area contributed by atoms with Crippen LogP contribution in [-0.4, -0.2) is 27.9 Å². The molecule has 0 aliphatic rings. The number of anilines is 1. The Labute approximate surface area is 156 Å². The summed E-state index contributed by atoms with van der Waals surface area (Å²) in [5, 5.41) is 2.88. The van der Waals surface area contributed by atoms with Crippen molar-refractivity contribution >= 4 is 21.6 Å². The highest BCUT2D eigenvalue weighted by atomic mass is 32.2. The standard InChI is InChI=1S/C20H26N2O3S/c1-4-5-9-14-21-20(23)17-13-12-16(2)19(15-17)22(3)26(24,25)18-10-7-6-8-11-18/h6-8,10-13,15H,4-5,9,14H2,1-3H3,(H,21,23). The molecular formula is C20H26N2O3S. The number of unbranched alkanes of at least 4 members (excludes halogenated alkanes) is 2. The van der Waals surface area contributed by atoms with E-state index < -0.39 is 10.0 Å². The number of amides is 1. The van der Waals surface area contributed by atoms with Gasteiger partial charge in [0.2, 0.25) is 0 Å². The van der Waals surface area contributed by atoms with Gasteiger partial charge in [0.1, 0.15) is 0 Å². The lowest BCUT2D eigenvalue weighted by atomic mass is 10.1. The molecule has 140 valence electrons. The molecule has 0 saturated heterocycles. The van der Waals surface area contributed by atoms with E-state index >= 15 is 0 Å². The smallest absolute Gasteiger partial charge is 0.264 e. The molecule has 2 aromatic rings. The Morgan fingerprint density at radius 3 is 2.42 bits per heavy atom. The van der Waals surface area contributed by atoms with Crippen molar-refractivity contribution in [3.8, 4) is 0 Å². The Hall–Kier alpha value is -2.34. The maximum absolute atomic E-state index is 12.8. The van der Waals surface area contributed by atoms with Gasteiger partial charge in [-0.05, 0) is 43.2 Å². The van der Waals surface area contributed by atoms with E-state index in [0.717, 1.165) is 24.8 Å². The van der Waals surface area contributed by atoms with Gasteiger partial charge in [0.15, 0.2) is 0 Å². The molecule has 0 radical (unpaired) electrons. The number of nitrogens with zero attached hydrogens (tertiary/aromatic N) is 1. The van der Waals surface area contributed by atoms with Gasteiger partial charge < -0.3 is 5.32 Å². The van der Waals surface area contributed by atoms with Crippen LogP contribution in [-0.2, 0) is 10.0 Å². The van der Waals surface area contributed by atoms with E-state index in [1.807, 2.05) is 6.92 Å². The summed E-state index contributed by atoms with van der Waals surface area (Å²) in [6.45, 7) is 4.56. The van der Waals surface area contributed by atoms with Crippen molar-refractivity contribution in [1.82, 2.24) is 5.32 Å². The maximum Gasteiger partial charge on any atom is 0.264 e. The molecule has 0 aromatic heterocycles. The van der Waals surface area contributed by atoms with E-state index in [9.17, 15) is 13.2 Å². The minimum atomic E-state index is -3.68. The van der Waals surface area contributed by atoms with Gasteiger partial charge in [-0.3, -0.25) is 9.10 Å². The topological polar surface area (TPSA) is 66.5 Å². The molecule has 0 heterocycles. The fourth-order valence-corrected chi connectivity index (χ4v) is 3.92. The lowest BCUT2D eigenvalue weighted by molar-refractivity contribution is 0.0953. The molecule has 1 amide bonds. The Morgan fingerprint density at radius 2 is 1.77 bits per heavy atom. The molecule has 0 unspecified atom stereocenters. The number of aryl methyl sites for hydroxylation is 1. The predicted octanol–water partition coefficient (Wildman–Crippen LogP) is 3.74. The van der Waals surface area contributed by atoms with Gasteiger partial charge in [0.25, 0.3) is 15.9 Å². The molecule has 0 atom stereocenters. The first-order valence-electron chi connectivity index (χ1n) is 8.80. The van der Waals surface area contributed by atoms with Crippen LogP contribution in [0.3, 0.4) is 0 Å². The summed E-state index contributed by atoms with van der Waals surface area (Å²) in [4.78, 5) is 12.6. The van der Waals surface area contributed by atoms with Crippen LogP contribution in [0.1, 0.15) is 42.1 Å². The molecule has 0 saturated carbocycles. The van der Waals surface area contributed by atoms with Gasteiger partial charge in [-0.1, -0.05) is 44.0 Å². The number of hydrogen-bond donors (Lipinski definition) is 1. The lowest BCUT2D eigenvalue weighted by Crippen LogP contribution is -2.28. The SMILES string of the molecule is CCCCCNC(=O)c1ccc(C)c(N(C)S(=O)(=O)c2ccccc2)c1. The first-order chi connectivity index (χ1) is 12.4. The van der Waals surface area contributed by atoms with E-state index in [0.29, 0.717) is 17.8 Å². The first kappa shape index (κ1) is 20.0. The Balaban J connectivity index is 2.25. The molecule has 2 rings (SSSR count). The summed E-state index contributed by atoms with van der Waals surface area (Å²) < 4.78 is 26.9. The van der Waals surface area contributed by atoms with E-state index in [1.54, 1.807) is 48.5 Å². The lowest BCUT2D eigenvalue weighted by Gasteiger charge is -2.22. The van der Waals surface area contributed by atoms with Crippen molar-refractivity contribution in [2.24, 2.45) is 0 Å². The number of rotatable bonds is 8. The van der Waals surface area contributed by atoms with Crippen LogP contribution in [0.25, 0.3) is 0 Å². The van der Waals surface area contributed by atoms with Gasteiger partial charge in [-0.25, -0.2) is 8.42 Å². The van der Waals surface area contributed by atoms with Crippen LogP contribution in [0.2, 0.25) is 0 Å². The minimum Gasteiger partial charge on any atom is -0.352 e. The number of hydrogen-bond acceptors (Lipinski definition) is 3. The zero-order chi connectivity index (χ0) is 19.2. The van der Waals surface area contributed by atoms with Gasteiger partial charge in [-0.2, -0.15) is 0 Å². The highest BCUT2D eigenvalue weighted by molar-refractivity contribution is 7.92. The summed E-state index contributed by atoms with van der Waals surface area (Å²) in [5.41, 5.74) is 1.74. The van der Waals surface area contributed by atoms with Crippen LogP contribution in [0.4, 0.5) is 5.69 Å². The zero-order valence-electron chi connectivity index (χ0n) is 15.5. The van der Waals surface area contributed by atoms with Crippen LogP contribution < -0.4 is 9.62 Å². The van der Waals surface area contributed by atoms with Crippen molar-refractivity contribution < 1.29 is 13.2 Å². The van der Waals surface area contributed by atoms with Gasteiger partial charge in [0, 0.05) is 19.2 Å². The third kappa shape index (κ3) is 4.64. The highest BCUT2D eigenvalue weighted by Gasteiger charge is 2.23. The van der Waals surface area contributed by atoms with E-state index in [-0.39, 0.29) is 10.8 Å². The van der Waals surface area contributed by atoms with Gasteiger partial charge in [0.05, 0.1) is 10.6 Å². The molecule has 2 aromatic carbocycles.